The fourth-order valence-electron chi connectivity index (χ4n) is 2.64. The van der Waals surface area contributed by atoms with E-state index in [9.17, 15) is 4.79 Å². The third-order valence-corrected chi connectivity index (χ3v) is 3.86. The first-order valence-corrected chi connectivity index (χ1v) is 7.64. The number of carbonyl (C=O) groups is 1. The molecule has 0 fully saturated rings. The summed E-state index contributed by atoms with van der Waals surface area (Å²) in [6.45, 7) is 0.0940. The molecule has 134 valence electrons. The summed E-state index contributed by atoms with van der Waals surface area (Å²) < 4.78 is 18.0. The van der Waals surface area contributed by atoms with E-state index >= 15 is 0 Å². The molecular formula is C15H15N7O4. The predicted octanol–water partition coefficient (Wildman–Crippen LogP) is 0.677. The summed E-state index contributed by atoms with van der Waals surface area (Å²) in [5.41, 5.74) is 6.75. The Balaban J connectivity index is 1.89. The van der Waals surface area contributed by atoms with E-state index in [0.29, 0.717) is 28.3 Å². The van der Waals surface area contributed by atoms with Gasteiger partial charge < -0.3 is 19.6 Å². The fourth-order valence-corrected chi connectivity index (χ4v) is 2.64. The van der Waals surface area contributed by atoms with E-state index in [4.69, 9.17) is 19.6 Å². The third kappa shape index (κ3) is 2.45. The first-order valence-electron chi connectivity index (χ1n) is 7.64. The van der Waals surface area contributed by atoms with Crippen LogP contribution in [0.2, 0.25) is 0 Å². The van der Waals surface area contributed by atoms with Gasteiger partial charge in [-0.2, -0.15) is 14.6 Å². The molecule has 1 atom stereocenters. The maximum atomic E-state index is 12.0. The van der Waals surface area contributed by atoms with Crippen molar-refractivity contribution >= 4 is 28.6 Å². The van der Waals surface area contributed by atoms with Gasteiger partial charge in [-0.1, -0.05) is 0 Å². The van der Waals surface area contributed by atoms with Gasteiger partial charge in [0.25, 0.3) is 0 Å². The van der Waals surface area contributed by atoms with Gasteiger partial charge in [-0.3, -0.25) is 4.68 Å². The van der Waals surface area contributed by atoms with Crippen molar-refractivity contribution in [2.24, 2.45) is 0 Å². The zero-order valence-electron chi connectivity index (χ0n) is 14.0. The molecule has 0 amide bonds. The maximum Gasteiger partial charge on any atom is 0.333 e. The number of methoxy groups -OCH3 is 2. The Bertz CT molecular complexity index is 1080. The maximum absolute atomic E-state index is 12.0. The average molecular weight is 357 g/mol. The number of nitrogen functional groups attached to an aromatic ring is 1. The van der Waals surface area contributed by atoms with Gasteiger partial charge in [0.2, 0.25) is 11.8 Å². The number of carbonyl (C=O) groups excluding carboxylic acids is 1. The number of esters is 1. The number of hydrogen-bond acceptors (Lipinski definition) is 9. The number of aromatic nitrogens is 6. The minimum atomic E-state index is -0.757. The molecule has 26 heavy (non-hydrogen) atoms. The highest BCUT2D eigenvalue weighted by molar-refractivity contribution is 5.90. The lowest BCUT2D eigenvalue weighted by molar-refractivity contribution is -0.146. The molecule has 0 aromatic carbocycles. The topological polar surface area (TPSA) is 136 Å². The number of anilines is 1. The van der Waals surface area contributed by atoms with Gasteiger partial charge in [0.05, 0.1) is 25.4 Å². The lowest BCUT2D eigenvalue weighted by Crippen LogP contribution is -2.25. The Morgan fingerprint density at radius 3 is 2.88 bits per heavy atom. The number of fused-ring (bicyclic) bond motifs is 3. The van der Waals surface area contributed by atoms with E-state index in [1.807, 2.05) is 0 Å². The Morgan fingerprint density at radius 2 is 2.19 bits per heavy atom. The highest BCUT2D eigenvalue weighted by Crippen LogP contribution is 2.24. The lowest BCUT2D eigenvalue weighted by atomic mass is 10.3. The second-order valence-corrected chi connectivity index (χ2v) is 5.46. The van der Waals surface area contributed by atoms with E-state index in [0.717, 1.165) is 0 Å². The summed E-state index contributed by atoms with van der Waals surface area (Å²) in [6, 6.07) is 2.72. The first-order chi connectivity index (χ1) is 12.6. The summed E-state index contributed by atoms with van der Waals surface area (Å²) >= 11 is 0. The molecule has 0 bridgehead atoms. The van der Waals surface area contributed by atoms with Gasteiger partial charge in [0.1, 0.15) is 0 Å². The largest absolute Gasteiger partial charge is 0.467 e. The number of furan rings is 1. The Kier molecular flexibility index (Phi) is 3.77. The smallest absolute Gasteiger partial charge is 0.333 e. The van der Waals surface area contributed by atoms with Crippen LogP contribution in [0.25, 0.3) is 28.3 Å². The van der Waals surface area contributed by atoms with Crippen LogP contribution in [0.15, 0.2) is 29.0 Å². The molecule has 1 unspecified atom stereocenters. The van der Waals surface area contributed by atoms with E-state index in [1.54, 1.807) is 18.3 Å². The molecule has 0 aliphatic carbocycles. The van der Waals surface area contributed by atoms with Crippen molar-refractivity contribution in [1.82, 2.24) is 29.4 Å². The van der Waals surface area contributed by atoms with E-state index < -0.39 is 12.0 Å². The molecule has 2 N–H and O–H groups in total. The van der Waals surface area contributed by atoms with Crippen molar-refractivity contribution < 1.29 is 18.7 Å². The highest BCUT2D eigenvalue weighted by atomic mass is 16.5. The van der Waals surface area contributed by atoms with Crippen molar-refractivity contribution in [2.45, 2.75) is 6.04 Å². The van der Waals surface area contributed by atoms with E-state index in [-0.39, 0.29) is 12.6 Å². The van der Waals surface area contributed by atoms with Crippen molar-refractivity contribution in [3.63, 3.8) is 0 Å². The average Bonchev–Trinajstić information content (AvgIpc) is 3.36. The molecule has 4 aromatic rings. The van der Waals surface area contributed by atoms with Crippen LogP contribution in [-0.4, -0.2) is 56.2 Å². The molecule has 11 heteroatoms. The minimum absolute atomic E-state index is 0.0940. The lowest BCUT2D eigenvalue weighted by Gasteiger charge is -2.13. The Labute approximate surface area is 146 Å². The number of nitrogens with two attached hydrogens (primary N) is 1. The summed E-state index contributed by atoms with van der Waals surface area (Å²) in [4.78, 5) is 20.7. The number of ether oxygens (including phenoxy) is 2. The van der Waals surface area contributed by atoms with Gasteiger partial charge >= 0.3 is 5.97 Å². The number of nitrogens with zero attached hydrogens (tertiary/aromatic N) is 6. The summed E-state index contributed by atoms with van der Waals surface area (Å²) in [5, 5.41) is 9.22. The molecule has 11 nitrogen and oxygen atoms in total. The van der Waals surface area contributed by atoms with E-state index in [2.05, 4.69) is 20.2 Å². The Morgan fingerprint density at radius 1 is 1.35 bits per heavy atom. The molecule has 0 spiro atoms. The third-order valence-electron chi connectivity index (χ3n) is 3.86. The summed E-state index contributed by atoms with van der Waals surface area (Å²) in [7, 11) is 2.79. The molecular weight excluding hydrogens is 342 g/mol. The second-order valence-electron chi connectivity index (χ2n) is 5.46. The zero-order chi connectivity index (χ0) is 18.3. The minimum Gasteiger partial charge on any atom is -0.467 e. The fraction of sp³-hybridized carbons (Fsp3) is 0.267. The highest BCUT2D eigenvalue weighted by Gasteiger charge is 2.24. The number of rotatable bonds is 5. The SMILES string of the molecule is COCC(C(=O)OC)n1cc2c(nc(N)n3nc(-c4ccco4)nc23)n1. The molecule has 0 radical (unpaired) electrons. The zero-order valence-corrected chi connectivity index (χ0v) is 14.0. The number of hydrogen-bond donors (Lipinski definition) is 1. The molecule has 0 aliphatic rings. The molecule has 0 saturated carbocycles. The Hall–Kier alpha value is -3.47. The van der Waals surface area contributed by atoms with Crippen molar-refractivity contribution in [3.8, 4) is 11.6 Å². The predicted molar refractivity (Wildman–Crippen MR) is 89.1 cm³/mol. The first kappa shape index (κ1) is 16.0. The van der Waals surface area contributed by atoms with Gasteiger partial charge in [-0.25, -0.2) is 9.78 Å². The van der Waals surface area contributed by atoms with Gasteiger partial charge in [-0.15, -0.1) is 5.10 Å². The van der Waals surface area contributed by atoms with Gasteiger partial charge in [0.15, 0.2) is 23.1 Å². The second kappa shape index (κ2) is 6.11. The van der Waals surface area contributed by atoms with Crippen molar-refractivity contribution in [1.29, 1.82) is 0 Å². The monoisotopic (exact) mass is 357 g/mol. The molecule has 4 aromatic heterocycles. The van der Waals surface area contributed by atoms with Crippen LogP contribution in [0.1, 0.15) is 6.04 Å². The molecule has 0 aliphatic heterocycles. The van der Waals surface area contributed by atoms with Crippen LogP contribution < -0.4 is 5.73 Å². The van der Waals surface area contributed by atoms with Crippen molar-refractivity contribution in [2.75, 3.05) is 26.6 Å². The van der Waals surface area contributed by atoms with Crippen LogP contribution in [-0.2, 0) is 14.3 Å². The standard InChI is InChI=1S/C15H15N7O4/c1-24-7-9(14(23)25-2)21-6-8-11(19-21)18-15(16)22-13(8)17-12(20-22)10-4-3-5-26-10/h3-6,9H,7H2,1-2H3,(H2,16,18,19). The van der Waals surface area contributed by atoms with Crippen LogP contribution in [0.3, 0.4) is 0 Å². The van der Waals surface area contributed by atoms with Crippen LogP contribution in [0.5, 0.6) is 0 Å². The van der Waals surface area contributed by atoms with Crippen LogP contribution in [0.4, 0.5) is 5.95 Å². The molecule has 0 saturated heterocycles. The van der Waals surface area contributed by atoms with Gasteiger partial charge in [0, 0.05) is 13.3 Å². The normalized spacial score (nSPS) is 12.7. The molecule has 4 rings (SSSR count). The van der Waals surface area contributed by atoms with Crippen LogP contribution >= 0.6 is 0 Å². The van der Waals surface area contributed by atoms with E-state index in [1.165, 1.54) is 29.7 Å². The van der Waals surface area contributed by atoms with Crippen LogP contribution in [0, 0.1) is 0 Å². The summed E-state index contributed by atoms with van der Waals surface area (Å²) in [5.74, 6) is 0.497. The van der Waals surface area contributed by atoms with Gasteiger partial charge in [-0.05, 0) is 12.1 Å². The van der Waals surface area contributed by atoms with Crippen molar-refractivity contribution in [3.05, 3.63) is 24.6 Å². The molecule has 4 heterocycles. The quantitative estimate of drug-likeness (QED) is 0.511. The summed E-state index contributed by atoms with van der Waals surface area (Å²) in [6.07, 6.45) is 3.17.